The Morgan fingerprint density at radius 2 is 1.85 bits per heavy atom. The molecular weight excluding hydrogens is 438 g/mol. The Labute approximate surface area is 195 Å². The summed E-state index contributed by atoms with van der Waals surface area (Å²) in [5.41, 5.74) is 8.56. The first-order chi connectivity index (χ1) is 16.0. The second kappa shape index (κ2) is 9.46. The topological polar surface area (TPSA) is 104 Å². The molecule has 1 amide bonds. The zero-order valence-corrected chi connectivity index (χ0v) is 19.5. The summed E-state index contributed by atoms with van der Waals surface area (Å²) in [7, 11) is 0. The molecule has 2 aliphatic rings. The van der Waals surface area contributed by atoms with Crippen molar-refractivity contribution in [2.45, 2.75) is 27.2 Å². The third kappa shape index (κ3) is 4.47. The van der Waals surface area contributed by atoms with Crippen LogP contribution in [0.4, 0.5) is 5.69 Å². The molecular formula is C25H25N3O4S. The first-order valence-corrected chi connectivity index (χ1v) is 11.6. The molecule has 3 aromatic rings. The van der Waals surface area contributed by atoms with Gasteiger partial charge in [0.1, 0.15) is 22.9 Å². The minimum Gasteiger partial charge on any atom is -0.486 e. The molecule has 0 saturated heterocycles. The summed E-state index contributed by atoms with van der Waals surface area (Å²) in [6.07, 6.45) is 7.78. The van der Waals surface area contributed by atoms with Crippen LogP contribution in [0.2, 0.25) is 0 Å². The van der Waals surface area contributed by atoms with Crippen LogP contribution in [0.1, 0.15) is 36.9 Å². The van der Waals surface area contributed by atoms with E-state index >= 15 is 0 Å². The van der Waals surface area contributed by atoms with E-state index in [1.807, 2.05) is 44.2 Å². The maximum absolute atomic E-state index is 13.0. The van der Waals surface area contributed by atoms with Crippen molar-refractivity contribution in [2.75, 3.05) is 18.9 Å². The number of Topliss-reactive ketones (excluding diaryl/α,β-unsaturated/α-hetero) is 1. The van der Waals surface area contributed by atoms with Crippen molar-refractivity contribution in [3.63, 3.8) is 0 Å². The van der Waals surface area contributed by atoms with Gasteiger partial charge in [0, 0.05) is 28.1 Å². The number of nitrogens with one attached hydrogen (secondary N) is 1. The Kier molecular flexibility index (Phi) is 6.46. The number of fused-ring (bicyclic) bond motifs is 3. The number of thiophene rings is 1. The van der Waals surface area contributed by atoms with Gasteiger partial charge in [-0.15, -0.1) is 11.3 Å². The summed E-state index contributed by atoms with van der Waals surface area (Å²) in [6.45, 7) is 6.50. The smallest absolute Gasteiger partial charge is 0.267 e. The van der Waals surface area contributed by atoms with Crippen molar-refractivity contribution in [3.8, 4) is 11.5 Å². The van der Waals surface area contributed by atoms with Crippen molar-refractivity contribution in [1.82, 2.24) is 10.3 Å². The average molecular weight is 464 g/mol. The second-order valence-electron chi connectivity index (χ2n) is 7.28. The van der Waals surface area contributed by atoms with Crippen LogP contribution < -0.4 is 20.5 Å². The van der Waals surface area contributed by atoms with Crippen molar-refractivity contribution < 1.29 is 19.1 Å². The number of rotatable bonds is 3. The highest BCUT2D eigenvalue weighted by atomic mass is 32.1. The summed E-state index contributed by atoms with van der Waals surface area (Å²) in [4.78, 5) is 30.4. The van der Waals surface area contributed by atoms with E-state index in [0.717, 1.165) is 16.3 Å². The van der Waals surface area contributed by atoms with Gasteiger partial charge in [-0.3, -0.25) is 9.59 Å². The van der Waals surface area contributed by atoms with Gasteiger partial charge in [0.2, 0.25) is 0 Å². The number of allylic oxidation sites excluding steroid dienone is 5. The third-order valence-corrected chi connectivity index (χ3v) is 6.24. The number of benzene rings is 1. The fourth-order valence-electron chi connectivity index (χ4n) is 3.57. The van der Waals surface area contributed by atoms with Crippen LogP contribution in [0.3, 0.4) is 0 Å². The number of anilines is 1. The number of hydrogen-bond acceptors (Lipinski definition) is 7. The molecule has 0 radical (unpaired) electrons. The number of hydrogen-bond donors (Lipinski definition) is 2. The molecule has 0 fully saturated rings. The number of ether oxygens (including phenoxy) is 2. The van der Waals surface area contributed by atoms with Crippen molar-refractivity contribution >= 4 is 49.8 Å². The van der Waals surface area contributed by atoms with E-state index in [2.05, 4.69) is 10.3 Å². The number of nitrogens with two attached hydrogens (primary N) is 1. The minimum atomic E-state index is -0.331. The molecule has 3 N–H and O–H groups in total. The molecule has 7 nitrogen and oxygen atoms in total. The molecule has 0 saturated carbocycles. The molecule has 0 unspecified atom stereocenters. The van der Waals surface area contributed by atoms with Gasteiger partial charge in [0.25, 0.3) is 5.91 Å². The lowest BCUT2D eigenvalue weighted by Gasteiger charge is -2.18. The summed E-state index contributed by atoms with van der Waals surface area (Å²) in [6, 6.07) is 5.64. The average Bonchev–Trinajstić information content (AvgIpc) is 2.98. The van der Waals surface area contributed by atoms with Crippen LogP contribution in [-0.2, 0) is 4.79 Å². The van der Waals surface area contributed by atoms with Crippen LogP contribution in [0, 0.1) is 0 Å². The van der Waals surface area contributed by atoms with E-state index < -0.39 is 0 Å². The summed E-state index contributed by atoms with van der Waals surface area (Å²) in [5.74, 6) is 0.942. The van der Waals surface area contributed by atoms with Crippen molar-refractivity contribution in [2.24, 2.45) is 0 Å². The standard InChI is InChI=1S/C23H19N3O4S.C2H6/c1-12(27)13-4-2-3-5-15(8-13)25-22(28)21-20(24)16-9-14-10-18-19(30-7-6-29-18)11-17(14)26-23(16)31-21;1-2/h2,4-5,8-11H,3,6-7,24H2,1H3,(H,25,28);1-2H3. The number of carbonyl (C=O) groups excluding carboxylic acids is 2. The van der Waals surface area contributed by atoms with Gasteiger partial charge in [-0.05, 0) is 31.6 Å². The Morgan fingerprint density at radius 3 is 2.58 bits per heavy atom. The van der Waals surface area contributed by atoms with Crippen LogP contribution in [0.15, 0.2) is 53.8 Å². The largest absolute Gasteiger partial charge is 0.486 e. The molecule has 1 aromatic carbocycles. The molecule has 8 heteroatoms. The van der Waals surface area contributed by atoms with Gasteiger partial charge in [-0.2, -0.15) is 0 Å². The lowest BCUT2D eigenvalue weighted by Crippen LogP contribution is -2.22. The van der Waals surface area contributed by atoms with E-state index in [1.54, 1.807) is 12.2 Å². The first kappa shape index (κ1) is 22.5. The lowest BCUT2D eigenvalue weighted by molar-refractivity contribution is -0.113. The second-order valence-corrected chi connectivity index (χ2v) is 8.28. The van der Waals surface area contributed by atoms with E-state index in [1.165, 1.54) is 18.3 Å². The van der Waals surface area contributed by atoms with Crippen molar-refractivity contribution in [1.29, 1.82) is 0 Å². The molecule has 1 aliphatic heterocycles. The number of nitrogens with zero attached hydrogens (tertiary/aromatic N) is 1. The first-order valence-electron chi connectivity index (χ1n) is 10.8. The van der Waals surface area contributed by atoms with Gasteiger partial charge in [-0.1, -0.05) is 32.1 Å². The molecule has 2 aromatic heterocycles. The number of aromatic nitrogens is 1. The Morgan fingerprint density at radius 1 is 1.12 bits per heavy atom. The van der Waals surface area contributed by atoms with Crippen LogP contribution >= 0.6 is 11.3 Å². The highest BCUT2D eigenvalue weighted by molar-refractivity contribution is 7.21. The zero-order chi connectivity index (χ0) is 23.5. The number of ketones is 1. The summed E-state index contributed by atoms with van der Waals surface area (Å²) in [5, 5.41) is 4.44. The quantitative estimate of drug-likeness (QED) is 0.572. The summed E-state index contributed by atoms with van der Waals surface area (Å²) < 4.78 is 11.3. The van der Waals surface area contributed by atoms with E-state index in [0.29, 0.717) is 57.8 Å². The number of nitrogen functional groups attached to an aromatic ring is 1. The molecule has 33 heavy (non-hydrogen) atoms. The van der Waals surface area contributed by atoms with E-state index in [-0.39, 0.29) is 11.7 Å². The number of carbonyl (C=O) groups is 2. The predicted molar refractivity (Wildman–Crippen MR) is 132 cm³/mol. The SMILES string of the molecule is CC.CC(=O)C1=CC(NC(=O)c2sc3nc4cc5c(cc4cc3c2N)OCCO5)=CCC=C1. The zero-order valence-electron chi connectivity index (χ0n) is 18.7. The molecule has 3 heterocycles. The molecule has 5 rings (SSSR count). The maximum atomic E-state index is 13.0. The Bertz CT molecular complexity index is 1350. The van der Waals surface area contributed by atoms with Gasteiger partial charge in [0.05, 0.1) is 11.2 Å². The van der Waals surface area contributed by atoms with Crippen LogP contribution in [0.5, 0.6) is 11.5 Å². The number of amides is 1. The Hall–Kier alpha value is -3.65. The fraction of sp³-hybridized carbons (Fsp3) is 0.240. The highest BCUT2D eigenvalue weighted by Crippen LogP contribution is 2.39. The molecule has 0 bridgehead atoms. The van der Waals surface area contributed by atoms with Crippen LogP contribution in [0.25, 0.3) is 21.1 Å². The fourth-order valence-corrected chi connectivity index (χ4v) is 4.54. The number of pyridine rings is 1. The lowest BCUT2D eigenvalue weighted by atomic mass is 10.1. The van der Waals surface area contributed by atoms with Gasteiger partial charge >= 0.3 is 0 Å². The highest BCUT2D eigenvalue weighted by Gasteiger charge is 2.20. The summed E-state index contributed by atoms with van der Waals surface area (Å²) >= 11 is 1.23. The maximum Gasteiger partial charge on any atom is 0.267 e. The molecule has 170 valence electrons. The van der Waals surface area contributed by atoms with Gasteiger partial charge in [-0.25, -0.2) is 4.98 Å². The third-order valence-electron chi connectivity index (χ3n) is 5.13. The predicted octanol–water partition coefficient (Wildman–Crippen LogP) is 4.92. The van der Waals surface area contributed by atoms with Crippen LogP contribution in [-0.4, -0.2) is 29.9 Å². The van der Waals surface area contributed by atoms with Gasteiger partial charge < -0.3 is 20.5 Å². The Balaban J connectivity index is 0.00000126. The van der Waals surface area contributed by atoms with Crippen molar-refractivity contribution in [3.05, 3.63) is 58.7 Å². The monoisotopic (exact) mass is 463 g/mol. The van der Waals surface area contributed by atoms with E-state index in [9.17, 15) is 9.59 Å². The van der Waals surface area contributed by atoms with E-state index in [4.69, 9.17) is 15.2 Å². The minimum absolute atomic E-state index is 0.0637. The van der Waals surface area contributed by atoms with Gasteiger partial charge in [0.15, 0.2) is 17.3 Å². The molecule has 1 aliphatic carbocycles. The normalized spacial score (nSPS) is 14.6. The molecule has 0 spiro atoms. The molecule has 0 atom stereocenters.